The van der Waals surface area contributed by atoms with Crippen LogP contribution in [0.4, 0.5) is 0 Å². The van der Waals surface area contributed by atoms with Gasteiger partial charge in [0.05, 0.1) is 0 Å². The van der Waals surface area contributed by atoms with E-state index in [1.165, 1.54) is 32.1 Å². The van der Waals surface area contributed by atoms with Gasteiger partial charge in [-0.3, -0.25) is 9.59 Å². The van der Waals surface area contributed by atoms with Crippen LogP contribution < -0.4 is 0 Å². The Bertz CT molecular complexity index is 393. The first-order chi connectivity index (χ1) is 10.7. The van der Waals surface area contributed by atoms with Gasteiger partial charge in [0.1, 0.15) is 6.10 Å². The lowest BCUT2D eigenvalue weighted by Gasteiger charge is -2.36. The molecule has 0 radical (unpaired) electrons. The molecule has 5 heteroatoms. The highest BCUT2D eigenvalue weighted by molar-refractivity contribution is 5.82. The third kappa shape index (κ3) is 3.80. The summed E-state index contributed by atoms with van der Waals surface area (Å²) >= 11 is 0. The van der Waals surface area contributed by atoms with Crippen LogP contribution in [-0.2, 0) is 14.3 Å². The summed E-state index contributed by atoms with van der Waals surface area (Å²) < 4.78 is 5.47. The van der Waals surface area contributed by atoms with E-state index in [0.29, 0.717) is 45.1 Å². The van der Waals surface area contributed by atoms with Crippen molar-refractivity contribution >= 4 is 11.8 Å². The molecule has 0 bridgehead atoms. The zero-order valence-electron chi connectivity index (χ0n) is 13.5. The number of piperazine rings is 1. The average Bonchev–Trinajstić information content (AvgIpc) is 3.10. The second kappa shape index (κ2) is 7.44. The number of ether oxygens (including phenoxy) is 1. The van der Waals surface area contributed by atoms with E-state index in [1.807, 2.05) is 9.80 Å². The Hall–Kier alpha value is -1.10. The lowest BCUT2D eigenvalue weighted by molar-refractivity contribution is -0.146. The van der Waals surface area contributed by atoms with Gasteiger partial charge in [-0.1, -0.05) is 19.3 Å². The minimum absolute atomic E-state index is 0.122. The molecule has 0 unspecified atom stereocenters. The van der Waals surface area contributed by atoms with Gasteiger partial charge in [-0.05, 0) is 31.6 Å². The van der Waals surface area contributed by atoms with E-state index in [4.69, 9.17) is 4.74 Å². The van der Waals surface area contributed by atoms with E-state index in [1.54, 1.807) is 0 Å². The Morgan fingerprint density at radius 2 is 1.55 bits per heavy atom. The summed E-state index contributed by atoms with van der Waals surface area (Å²) in [6.45, 7) is 3.40. The quantitative estimate of drug-likeness (QED) is 0.799. The second-order valence-corrected chi connectivity index (χ2v) is 6.92. The Kier molecular flexibility index (Phi) is 5.34. The van der Waals surface area contributed by atoms with Crippen molar-refractivity contribution in [2.75, 3.05) is 32.8 Å². The molecule has 3 rings (SSSR count). The highest BCUT2D eigenvalue weighted by atomic mass is 16.5. The first-order valence-corrected chi connectivity index (χ1v) is 8.92. The lowest BCUT2D eigenvalue weighted by atomic mass is 9.86. The van der Waals surface area contributed by atoms with Crippen molar-refractivity contribution in [1.82, 2.24) is 9.80 Å². The Labute approximate surface area is 133 Å². The molecule has 3 aliphatic rings. The fourth-order valence-electron chi connectivity index (χ4n) is 3.92. The van der Waals surface area contributed by atoms with Crippen LogP contribution in [0, 0.1) is 5.92 Å². The molecule has 22 heavy (non-hydrogen) atoms. The molecule has 2 amide bonds. The van der Waals surface area contributed by atoms with Crippen LogP contribution in [0.3, 0.4) is 0 Å². The average molecular weight is 308 g/mol. The molecule has 0 N–H and O–H groups in total. The van der Waals surface area contributed by atoms with Gasteiger partial charge in [0, 0.05) is 39.2 Å². The molecule has 0 aromatic heterocycles. The minimum Gasteiger partial charge on any atom is -0.368 e. The van der Waals surface area contributed by atoms with E-state index in [-0.39, 0.29) is 17.9 Å². The van der Waals surface area contributed by atoms with Crippen molar-refractivity contribution in [3.05, 3.63) is 0 Å². The van der Waals surface area contributed by atoms with Crippen molar-refractivity contribution in [1.29, 1.82) is 0 Å². The lowest BCUT2D eigenvalue weighted by Crippen LogP contribution is -2.53. The zero-order valence-corrected chi connectivity index (χ0v) is 13.5. The fourth-order valence-corrected chi connectivity index (χ4v) is 3.92. The van der Waals surface area contributed by atoms with Crippen molar-refractivity contribution in [2.24, 2.45) is 5.92 Å². The van der Waals surface area contributed by atoms with Gasteiger partial charge in [0.2, 0.25) is 5.91 Å². The van der Waals surface area contributed by atoms with Gasteiger partial charge in [0.25, 0.3) is 5.91 Å². The molecule has 2 saturated heterocycles. The molecule has 0 spiro atoms. The van der Waals surface area contributed by atoms with Crippen molar-refractivity contribution in [3.8, 4) is 0 Å². The minimum atomic E-state index is -0.232. The number of rotatable bonds is 3. The van der Waals surface area contributed by atoms with E-state index >= 15 is 0 Å². The molecular weight excluding hydrogens is 280 g/mol. The SMILES string of the molecule is O=C(CC1CCCCC1)N1CCN(C(=O)[C@H]2CCCO2)CC1. The van der Waals surface area contributed by atoms with Crippen LogP contribution in [0.15, 0.2) is 0 Å². The zero-order chi connectivity index (χ0) is 15.4. The molecule has 1 atom stereocenters. The van der Waals surface area contributed by atoms with Crippen molar-refractivity contribution in [2.45, 2.75) is 57.5 Å². The van der Waals surface area contributed by atoms with Gasteiger partial charge < -0.3 is 14.5 Å². The van der Waals surface area contributed by atoms with Crippen molar-refractivity contribution in [3.63, 3.8) is 0 Å². The summed E-state index contributed by atoms with van der Waals surface area (Å²) in [5.74, 6) is 1.00. The van der Waals surface area contributed by atoms with Gasteiger partial charge in [-0.15, -0.1) is 0 Å². The number of nitrogens with zero attached hydrogens (tertiary/aromatic N) is 2. The van der Waals surface area contributed by atoms with Crippen LogP contribution in [0.1, 0.15) is 51.4 Å². The van der Waals surface area contributed by atoms with Crippen LogP contribution in [0.2, 0.25) is 0 Å². The maximum atomic E-state index is 12.4. The van der Waals surface area contributed by atoms with Crippen LogP contribution in [0.25, 0.3) is 0 Å². The largest absolute Gasteiger partial charge is 0.368 e. The molecule has 2 aliphatic heterocycles. The normalized spacial score (nSPS) is 27.2. The molecule has 0 aromatic rings. The molecule has 1 aliphatic carbocycles. The summed E-state index contributed by atoms with van der Waals surface area (Å²) in [5, 5.41) is 0. The van der Waals surface area contributed by atoms with Gasteiger partial charge >= 0.3 is 0 Å². The number of hydrogen-bond donors (Lipinski definition) is 0. The predicted octanol–water partition coefficient (Wildman–Crippen LogP) is 1.81. The number of hydrogen-bond acceptors (Lipinski definition) is 3. The number of carbonyl (C=O) groups is 2. The maximum Gasteiger partial charge on any atom is 0.251 e. The summed E-state index contributed by atoms with van der Waals surface area (Å²) in [4.78, 5) is 28.5. The van der Waals surface area contributed by atoms with E-state index in [0.717, 1.165) is 12.8 Å². The first-order valence-electron chi connectivity index (χ1n) is 8.92. The molecular formula is C17H28N2O3. The van der Waals surface area contributed by atoms with Gasteiger partial charge in [-0.25, -0.2) is 0 Å². The van der Waals surface area contributed by atoms with E-state index in [2.05, 4.69) is 0 Å². The van der Waals surface area contributed by atoms with E-state index < -0.39 is 0 Å². The van der Waals surface area contributed by atoms with Gasteiger partial charge in [-0.2, -0.15) is 0 Å². The maximum absolute atomic E-state index is 12.4. The summed E-state index contributed by atoms with van der Waals surface area (Å²) in [6, 6.07) is 0. The molecule has 2 heterocycles. The summed E-state index contributed by atoms with van der Waals surface area (Å²) in [7, 11) is 0. The monoisotopic (exact) mass is 308 g/mol. The Balaban J connectivity index is 1.42. The second-order valence-electron chi connectivity index (χ2n) is 6.92. The number of amides is 2. The molecule has 0 aromatic carbocycles. The fraction of sp³-hybridized carbons (Fsp3) is 0.882. The number of carbonyl (C=O) groups excluding carboxylic acids is 2. The highest BCUT2D eigenvalue weighted by Gasteiger charge is 2.31. The summed E-state index contributed by atoms with van der Waals surface area (Å²) in [5.41, 5.74) is 0. The molecule has 124 valence electrons. The van der Waals surface area contributed by atoms with Crippen LogP contribution in [0.5, 0.6) is 0 Å². The standard InChI is InChI=1S/C17H28N2O3/c20-16(13-14-5-2-1-3-6-14)18-8-10-19(11-9-18)17(21)15-7-4-12-22-15/h14-15H,1-13H2/t15-/m1/s1. The van der Waals surface area contributed by atoms with Crippen molar-refractivity contribution < 1.29 is 14.3 Å². The molecule has 5 nitrogen and oxygen atoms in total. The third-order valence-electron chi connectivity index (χ3n) is 5.34. The molecule has 1 saturated carbocycles. The van der Waals surface area contributed by atoms with Crippen LogP contribution in [-0.4, -0.2) is 60.5 Å². The topological polar surface area (TPSA) is 49.9 Å². The Morgan fingerprint density at radius 3 is 2.18 bits per heavy atom. The van der Waals surface area contributed by atoms with E-state index in [9.17, 15) is 9.59 Å². The van der Waals surface area contributed by atoms with Gasteiger partial charge in [0.15, 0.2) is 0 Å². The molecule has 3 fully saturated rings. The van der Waals surface area contributed by atoms with Crippen LogP contribution >= 0.6 is 0 Å². The smallest absolute Gasteiger partial charge is 0.251 e. The first kappa shape index (κ1) is 15.8. The highest BCUT2D eigenvalue weighted by Crippen LogP contribution is 2.27. The predicted molar refractivity (Wildman–Crippen MR) is 83.3 cm³/mol. The Morgan fingerprint density at radius 1 is 0.864 bits per heavy atom. The third-order valence-corrected chi connectivity index (χ3v) is 5.34. The summed E-state index contributed by atoms with van der Waals surface area (Å²) in [6.07, 6.45) is 8.62.